The van der Waals surface area contributed by atoms with E-state index in [1.165, 1.54) is 16.2 Å². The summed E-state index contributed by atoms with van der Waals surface area (Å²) in [7, 11) is 0. The second-order valence-corrected chi connectivity index (χ2v) is 10.0. The summed E-state index contributed by atoms with van der Waals surface area (Å²) < 4.78 is 0. The Balaban J connectivity index is 1.53. The molecule has 0 radical (unpaired) electrons. The molecule has 3 amide bonds. The number of imide groups is 1. The molecular formula is C23H27N3O3S2. The predicted molar refractivity (Wildman–Crippen MR) is 125 cm³/mol. The number of nitrogens with one attached hydrogen (secondary N) is 1. The molecule has 8 heteroatoms. The quantitative estimate of drug-likeness (QED) is 0.625. The Morgan fingerprint density at radius 2 is 1.90 bits per heavy atom. The number of hydrogen-bond donors (Lipinski definition) is 1. The molecule has 0 bridgehead atoms. The van der Waals surface area contributed by atoms with Crippen molar-refractivity contribution in [2.75, 3.05) is 17.3 Å². The van der Waals surface area contributed by atoms with Crippen LogP contribution >= 0.6 is 23.1 Å². The van der Waals surface area contributed by atoms with Gasteiger partial charge in [-0.15, -0.1) is 11.3 Å². The number of anilines is 1. The zero-order chi connectivity index (χ0) is 22.0. The van der Waals surface area contributed by atoms with Crippen molar-refractivity contribution in [3.8, 4) is 11.3 Å². The third-order valence-corrected chi connectivity index (χ3v) is 7.64. The van der Waals surface area contributed by atoms with Crippen molar-refractivity contribution in [2.45, 2.75) is 45.1 Å². The van der Waals surface area contributed by atoms with Crippen LogP contribution < -0.4 is 5.32 Å². The normalized spacial score (nSPS) is 21.8. The molecule has 1 aromatic carbocycles. The van der Waals surface area contributed by atoms with Crippen LogP contribution in [0.25, 0.3) is 11.3 Å². The molecule has 1 aliphatic carbocycles. The Morgan fingerprint density at radius 1 is 1.23 bits per heavy atom. The SMILES string of the molecule is CSCCC(C(=O)Nc1nc(-c2ccccc2C)cs1)N1C(=O)C2CCCCC2C1=O. The summed E-state index contributed by atoms with van der Waals surface area (Å²) in [6.45, 7) is 2.02. The van der Waals surface area contributed by atoms with Gasteiger partial charge in [-0.25, -0.2) is 4.98 Å². The summed E-state index contributed by atoms with van der Waals surface area (Å²) in [5.74, 6) is -0.486. The van der Waals surface area contributed by atoms with Crippen LogP contribution in [0.5, 0.6) is 0 Å². The van der Waals surface area contributed by atoms with Gasteiger partial charge in [-0.2, -0.15) is 11.8 Å². The minimum atomic E-state index is -0.788. The number of carbonyl (C=O) groups excluding carboxylic acids is 3. The number of benzene rings is 1. The summed E-state index contributed by atoms with van der Waals surface area (Å²) in [4.78, 5) is 45.1. The van der Waals surface area contributed by atoms with E-state index >= 15 is 0 Å². The van der Waals surface area contributed by atoms with Crippen LogP contribution in [0.1, 0.15) is 37.7 Å². The van der Waals surface area contributed by atoms with Crippen LogP contribution in [-0.2, 0) is 14.4 Å². The second-order valence-electron chi connectivity index (χ2n) is 8.18. The Kier molecular flexibility index (Phi) is 6.77. The molecule has 3 atom stereocenters. The summed E-state index contributed by atoms with van der Waals surface area (Å²) in [5.41, 5.74) is 2.94. The van der Waals surface area contributed by atoms with Gasteiger partial charge in [-0.05, 0) is 43.8 Å². The maximum atomic E-state index is 13.2. The maximum Gasteiger partial charge on any atom is 0.249 e. The Hall–Kier alpha value is -2.19. The lowest BCUT2D eigenvalue weighted by atomic mass is 9.81. The van der Waals surface area contributed by atoms with Gasteiger partial charge in [0.2, 0.25) is 17.7 Å². The highest BCUT2D eigenvalue weighted by Crippen LogP contribution is 2.39. The van der Waals surface area contributed by atoms with Crippen molar-refractivity contribution in [2.24, 2.45) is 11.8 Å². The summed E-state index contributed by atoms with van der Waals surface area (Å²) >= 11 is 2.95. The average molecular weight is 458 g/mol. The molecule has 3 unspecified atom stereocenters. The van der Waals surface area contributed by atoms with E-state index in [0.717, 1.165) is 42.5 Å². The molecule has 164 valence electrons. The molecule has 2 fully saturated rings. The molecule has 2 aliphatic rings. The number of aromatic nitrogens is 1. The van der Waals surface area contributed by atoms with E-state index in [1.54, 1.807) is 11.8 Å². The minimum Gasteiger partial charge on any atom is -0.300 e. The number of amides is 3. The zero-order valence-corrected chi connectivity index (χ0v) is 19.4. The third kappa shape index (κ3) is 4.41. The summed E-state index contributed by atoms with van der Waals surface area (Å²) in [5, 5.41) is 5.27. The number of rotatable bonds is 7. The van der Waals surface area contributed by atoms with Crippen molar-refractivity contribution in [3.05, 3.63) is 35.2 Å². The predicted octanol–water partition coefficient (Wildman–Crippen LogP) is 4.35. The van der Waals surface area contributed by atoms with Gasteiger partial charge in [0.05, 0.1) is 17.5 Å². The molecule has 0 spiro atoms. The van der Waals surface area contributed by atoms with Crippen LogP contribution in [0.2, 0.25) is 0 Å². The molecule has 2 heterocycles. The van der Waals surface area contributed by atoms with E-state index in [0.29, 0.717) is 17.3 Å². The van der Waals surface area contributed by atoms with Crippen molar-refractivity contribution in [1.29, 1.82) is 0 Å². The fourth-order valence-corrected chi connectivity index (χ4v) is 5.78. The number of aryl methyl sites for hydroxylation is 1. The smallest absolute Gasteiger partial charge is 0.249 e. The van der Waals surface area contributed by atoms with Gasteiger partial charge in [0.25, 0.3) is 0 Å². The summed E-state index contributed by atoms with van der Waals surface area (Å²) in [6.07, 6.45) is 5.83. The second kappa shape index (κ2) is 9.53. The van der Waals surface area contributed by atoms with Crippen LogP contribution in [-0.4, -0.2) is 45.7 Å². The van der Waals surface area contributed by atoms with Crippen LogP contribution in [0.3, 0.4) is 0 Å². The van der Waals surface area contributed by atoms with Crippen molar-refractivity contribution in [1.82, 2.24) is 9.88 Å². The highest BCUT2D eigenvalue weighted by molar-refractivity contribution is 7.98. The fourth-order valence-electron chi connectivity index (χ4n) is 4.61. The topological polar surface area (TPSA) is 79.4 Å². The number of nitrogens with zero attached hydrogens (tertiary/aromatic N) is 2. The first-order valence-corrected chi connectivity index (χ1v) is 13.0. The van der Waals surface area contributed by atoms with Gasteiger partial charge in [-0.3, -0.25) is 19.3 Å². The van der Waals surface area contributed by atoms with Crippen LogP contribution in [0.15, 0.2) is 29.6 Å². The van der Waals surface area contributed by atoms with E-state index in [9.17, 15) is 14.4 Å². The first-order valence-electron chi connectivity index (χ1n) is 10.7. The lowest BCUT2D eigenvalue weighted by Gasteiger charge is -2.25. The Morgan fingerprint density at radius 3 is 2.55 bits per heavy atom. The number of likely N-dealkylation sites (tertiary alicyclic amines) is 1. The number of thiazole rings is 1. The van der Waals surface area contributed by atoms with E-state index in [-0.39, 0.29) is 29.6 Å². The zero-order valence-electron chi connectivity index (χ0n) is 17.8. The number of thioether (sulfide) groups is 1. The van der Waals surface area contributed by atoms with Gasteiger partial charge in [0.15, 0.2) is 5.13 Å². The van der Waals surface area contributed by atoms with Crippen LogP contribution in [0, 0.1) is 18.8 Å². The lowest BCUT2D eigenvalue weighted by molar-refractivity contribution is -0.146. The summed E-state index contributed by atoms with van der Waals surface area (Å²) in [6, 6.07) is 7.17. The largest absolute Gasteiger partial charge is 0.300 e. The first kappa shape index (κ1) is 22.0. The van der Waals surface area contributed by atoms with Gasteiger partial charge in [0, 0.05) is 10.9 Å². The van der Waals surface area contributed by atoms with E-state index in [4.69, 9.17) is 0 Å². The average Bonchev–Trinajstić information content (AvgIpc) is 3.33. The number of fused-ring (bicyclic) bond motifs is 1. The molecule has 1 saturated heterocycles. The molecule has 1 N–H and O–H groups in total. The van der Waals surface area contributed by atoms with Gasteiger partial charge < -0.3 is 5.32 Å². The first-order chi connectivity index (χ1) is 15.0. The highest BCUT2D eigenvalue weighted by atomic mass is 32.2. The molecule has 31 heavy (non-hydrogen) atoms. The van der Waals surface area contributed by atoms with Crippen LogP contribution in [0.4, 0.5) is 5.13 Å². The molecule has 4 rings (SSSR count). The fraction of sp³-hybridized carbons (Fsp3) is 0.478. The van der Waals surface area contributed by atoms with Crippen molar-refractivity contribution >= 4 is 46.0 Å². The van der Waals surface area contributed by atoms with E-state index < -0.39 is 6.04 Å². The highest BCUT2D eigenvalue weighted by Gasteiger charge is 2.51. The van der Waals surface area contributed by atoms with E-state index in [2.05, 4.69) is 10.3 Å². The maximum absolute atomic E-state index is 13.2. The van der Waals surface area contributed by atoms with Crippen molar-refractivity contribution < 1.29 is 14.4 Å². The van der Waals surface area contributed by atoms with Crippen molar-refractivity contribution in [3.63, 3.8) is 0 Å². The van der Waals surface area contributed by atoms with E-state index in [1.807, 2.05) is 42.8 Å². The van der Waals surface area contributed by atoms with Gasteiger partial charge in [0.1, 0.15) is 6.04 Å². The Labute approximate surface area is 190 Å². The molecular weight excluding hydrogens is 430 g/mol. The molecule has 6 nitrogen and oxygen atoms in total. The molecule has 1 aliphatic heterocycles. The molecule has 2 aromatic rings. The lowest BCUT2D eigenvalue weighted by Crippen LogP contribution is -2.48. The molecule has 1 saturated carbocycles. The monoisotopic (exact) mass is 457 g/mol. The molecule has 1 aromatic heterocycles. The van der Waals surface area contributed by atoms with Gasteiger partial charge >= 0.3 is 0 Å². The third-order valence-electron chi connectivity index (χ3n) is 6.24. The standard InChI is InChI=1S/C23H27N3O3S2/c1-14-7-3-4-8-15(14)18-13-31-23(24-18)25-20(27)19(11-12-30-2)26-21(28)16-9-5-6-10-17(16)22(26)29/h3-4,7-8,13,16-17,19H,5-6,9-12H2,1-2H3,(H,24,25,27). The number of carbonyl (C=O) groups is 3. The number of hydrogen-bond acceptors (Lipinski definition) is 6. The minimum absolute atomic E-state index is 0.171. The van der Waals surface area contributed by atoms with Gasteiger partial charge in [-0.1, -0.05) is 37.1 Å². The Bertz CT molecular complexity index is 966.